The van der Waals surface area contributed by atoms with E-state index in [9.17, 15) is 0 Å². The second kappa shape index (κ2) is 7.65. The number of rotatable bonds is 7. The van der Waals surface area contributed by atoms with Crippen molar-refractivity contribution < 1.29 is 0 Å². The Bertz CT molecular complexity index is 204. The number of thioether (sulfide) groups is 1. The zero-order valence-corrected chi connectivity index (χ0v) is 12.9. The van der Waals surface area contributed by atoms with Crippen LogP contribution in [0.3, 0.4) is 0 Å². The summed E-state index contributed by atoms with van der Waals surface area (Å²) in [6, 6.07) is 0.757. The van der Waals surface area contributed by atoms with E-state index in [1.54, 1.807) is 0 Å². The summed E-state index contributed by atoms with van der Waals surface area (Å²) in [5.74, 6) is 2.62. The minimum atomic E-state index is 0.478. The van der Waals surface area contributed by atoms with E-state index in [1.165, 1.54) is 44.0 Å². The minimum Gasteiger partial charge on any atom is -0.316 e. The molecule has 1 atom stereocenters. The molecule has 3 heteroatoms. The average Bonchev–Trinajstić information content (AvgIpc) is 2.37. The van der Waals surface area contributed by atoms with Crippen LogP contribution in [0, 0.1) is 5.41 Å². The molecule has 1 aliphatic heterocycles. The van der Waals surface area contributed by atoms with Gasteiger partial charge in [-0.05, 0) is 31.7 Å². The van der Waals surface area contributed by atoms with Gasteiger partial charge in [0.05, 0.1) is 0 Å². The predicted octanol–water partition coefficient (Wildman–Crippen LogP) is 2.84. The third kappa shape index (κ3) is 4.46. The molecule has 0 aromatic rings. The van der Waals surface area contributed by atoms with E-state index in [2.05, 4.69) is 49.7 Å². The van der Waals surface area contributed by atoms with Gasteiger partial charge < -0.3 is 5.32 Å². The lowest BCUT2D eigenvalue weighted by molar-refractivity contribution is 0.115. The van der Waals surface area contributed by atoms with E-state index < -0.39 is 0 Å². The third-order valence-corrected chi connectivity index (χ3v) is 5.48. The SMILES string of the molecule is CCNCC(CC)(CC)CN1CCSCC1C. The molecule has 0 spiro atoms. The lowest BCUT2D eigenvalue weighted by atomic mass is 9.81. The summed E-state index contributed by atoms with van der Waals surface area (Å²) < 4.78 is 0. The largest absolute Gasteiger partial charge is 0.316 e. The quantitative estimate of drug-likeness (QED) is 0.756. The van der Waals surface area contributed by atoms with Crippen LogP contribution in [-0.2, 0) is 0 Å². The first-order valence-corrected chi connectivity index (χ1v) is 8.35. The monoisotopic (exact) mass is 258 g/mol. The molecule has 0 radical (unpaired) electrons. The average molecular weight is 258 g/mol. The zero-order valence-electron chi connectivity index (χ0n) is 12.1. The van der Waals surface area contributed by atoms with Crippen LogP contribution in [0.25, 0.3) is 0 Å². The predicted molar refractivity (Wildman–Crippen MR) is 79.9 cm³/mol. The van der Waals surface area contributed by atoms with Gasteiger partial charge in [0.25, 0.3) is 0 Å². The Kier molecular flexibility index (Phi) is 6.90. The van der Waals surface area contributed by atoms with Crippen LogP contribution in [0.1, 0.15) is 40.5 Å². The molecule has 1 unspecified atom stereocenters. The van der Waals surface area contributed by atoms with E-state index >= 15 is 0 Å². The Hall–Kier alpha value is 0.270. The molecule has 0 saturated carbocycles. The minimum absolute atomic E-state index is 0.478. The first kappa shape index (κ1) is 15.3. The smallest absolute Gasteiger partial charge is 0.0158 e. The molecule has 1 heterocycles. The van der Waals surface area contributed by atoms with Gasteiger partial charge in [-0.1, -0.05) is 20.8 Å². The molecule has 0 aromatic heterocycles. The fraction of sp³-hybridized carbons (Fsp3) is 1.00. The molecular weight excluding hydrogens is 228 g/mol. The first-order valence-electron chi connectivity index (χ1n) is 7.20. The van der Waals surface area contributed by atoms with E-state index in [0.717, 1.165) is 12.6 Å². The maximum absolute atomic E-state index is 3.56. The summed E-state index contributed by atoms with van der Waals surface area (Å²) in [5, 5.41) is 3.56. The molecule has 1 aliphatic rings. The van der Waals surface area contributed by atoms with Gasteiger partial charge >= 0.3 is 0 Å². The number of hydrogen-bond acceptors (Lipinski definition) is 3. The van der Waals surface area contributed by atoms with Crippen molar-refractivity contribution in [3.8, 4) is 0 Å². The van der Waals surface area contributed by atoms with Crippen molar-refractivity contribution in [3.63, 3.8) is 0 Å². The van der Waals surface area contributed by atoms with E-state index in [1.807, 2.05) is 0 Å². The Morgan fingerprint density at radius 2 is 2.00 bits per heavy atom. The van der Waals surface area contributed by atoms with Crippen molar-refractivity contribution in [1.82, 2.24) is 10.2 Å². The van der Waals surface area contributed by atoms with Crippen molar-refractivity contribution in [2.45, 2.75) is 46.6 Å². The highest BCUT2D eigenvalue weighted by Crippen LogP contribution is 2.29. The van der Waals surface area contributed by atoms with Crippen LogP contribution in [0.15, 0.2) is 0 Å². The van der Waals surface area contributed by atoms with Crippen molar-refractivity contribution in [1.29, 1.82) is 0 Å². The van der Waals surface area contributed by atoms with Crippen LogP contribution in [0.4, 0.5) is 0 Å². The summed E-state index contributed by atoms with van der Waals surface area (Å²) in [4.78, 5) is 2.71. The highest BCUT2D eigenvalue weighted by Gasteiger charge is 2.31. The Balaban J connectivity index is 2.57. The summed E-state index contributed by atoms with van der Waals surface area (Å²) in [6.07, 6.45) is 2.57. The highest BCUT2D eigenvalue weighted by atomic mass is 32.2. The van der Waals surface area contributed by atoms with Crippen LogP contribution >= 0.6 is 11.8 Å². The standard InChI is InChI=1S/C14H30N2S/c1-5-14(6-2,11-15-7-3)12-16-8-9-17-10-13(16)4/h13,15H,5-12H2,1-4H3. The molecule has 2 nitrogen and oxygen atoms in total. The highest BCUT2D eigenvalue weighted by molar-refractivity contribution is 7.99. The lowest BCUT2D eigenvalue weighted by Crippen LogP contribution is -2.49. The summed E-state index contributed by atoms with van der Waals surface area (Å²) in [7, 11) is 0. The third-order valence-electron chi connectivity index (χ3n) is 4.29. The lowest BCUT2D eigenvalue weighted by Gasteiger charge is -2.42. The number of hydrogen-bond donors (Lipinski definition) is 1. The topological polar surface area (TPSA) is 15.3 Å². The normalized spacial score (nSPS) is 22.9. The molecule has 0 amide bonds. The zero-order chi connectivity index (χ0) is 12.7. The van der Waals surface area contributed by atoms with E-state index in [0.29, 0.717) is 5.41 Å². The van der Waals surface area contributed by atoms with E-state index in [-0.39, 0.29) is 0 Å². The maximum atomic E-state index is 3.56. The van der Waals surface area contributed by atoms with Crippen molar-refractivity contribution in [2.75, 3.05) is 37.7 Å². The van der Waals surface area contributed by atoms with Crippen LogP contribution in [0.5, 0.6) is 0 Å². The van der Waals surface area contributed by atoms with Crippen LogP contribution in [0.2, 0.25) is 0 Å². The van der Waals surface area contributed by atoms with Crippen molar-refractivity contribution in [2.24, 2.45) is 5.41 Å². The van der Waals surface area contributed by atoms with Crippen molar-refractivity contribution >= 4 is 11.8 Å². The summed E-state index contributed by atoms with van der Waals surface area (Å²) >= 11 is 2.11. The molecule has 1 fully saturated rings. The van der Waals surface area contributed by atoms with Gasteiger partial charge in [0.2, 0.25) is 0 Å². The molecular formula is C14H30N2S. The van der Waals surface area contributed by atoms with Gasteiger partial charge in [0, 0.05) is 37.2 Å². The van der Waals surface area contributed by atoms with Gasteiger partial charge in [-0.2, -0.15) is 11.8 Å². The Morgan fingerprint density at radius 3 is 2.53 bits per heavy atom. The Morgan fingerprint density at radius 1 is 1.29 bits per heavy atom. The Labute approximate surface area is 112 Å². The fourth-order valence-corrected chi connectivity index (χ4v) is 3.68. The second-order valence-corrected chi connectivity index (χ2v) is 6.53. The van der Waals surface area contributed by atoms with Crippen LogP contribution < -0.4 is 5.32 Å². The fourth-order valence-electron chi connectivity index (χ4n) is 2.60. The second-order valence-electron chi connectivity index (χ2n) is 5.38. The molecule has 0 aliphatic carbocycles. The number of nitrogens with one attached hydrogen (secondary N) is 1. The molecule has 1 saturated heterocycles. The van der Waals surface area contributed by atoms with E-state index in [4.69, 9.17) is 0 Å². The van der Waals surface area contributed by atoms with Gasteiger partial charge in [0.1, 0.15) is 0 Å². The number of nitrogens with zero attached hydrogens (tertiary/aromatic N) is 1. The van der Waals surface area contributed by atoms with Crippen LogP contribution in [-0.4, -0.2) is 48.6 Å². The van der Waals surface area contributed by atoms with Gasteiger partial charge in [-0.3, -0.25) is 4.90 Å². The van der Waals surface area contributed by atoms with Gasteiger partial charge in [-0.25, -0.2) is 0 Å². The molecule has 1 rings (SSSR count). The molecule has 1 N–H and O–H groups in total. The molecule has 102 valence electrons. The summed E-state index contributed by atoms with van der Waals surface area (Å²) in [6.45, 7) is 14.1. The van der Waals surface area contributed by atoms with Gasteiger partial charge in [-0.15, -0.1) is 0 Å². The summed E-state index contributed by atoms with van der Waals surface area (Å²) in [5.41, 5.74) is 0.478. The van der Waals surface area contributed by atoms with Crippen molar-refractivity contribution in [3.05, 3.63) is 0 Å². The first-order chi connectivity index (χ1) is 8.17. The molecule has 17 heavy (non-hydrogen) atoms. The van der Waals surface area contributed by atoms with Gasteiger partial charge in [0.15, 0.2) is 0 Å². The molecule has 0 aromatic carbocycles. The molecule has 0 bridgehead atoms. The maximum Gasteiger partial charge on any atom is 0.0158 e.